The highest BCUT2D eigenvalue weighted by Gasteiger charge is 2.32. The van der Waals surface area contributed by atoms with Crippen LogP contribution in [0.1, 0.15) is 33.1 Å². The average Bonchev–Trinajstić information content (AvgIpc) is 3.49. The molecule has 12 heteroatoms. The molecule has 1 aliphatic rings. The lowest BCUT2D eigenvalue weighted by Gasteiger charge is -2.19. The number of esters is 1. The Morgan fingerprint density at radius 1 is 1.11 bits per heavy atom. The van der Waals surface area contributed by atoms with Gasteiger partial charge in [0.05, 0.1) is 28.8 Å². The lowest BCUT2D eigenvalue weighted by atomic mass is 9.98. The molecule has 0 aliphatic carbocycles. The summed E-state index contributed by atoms with van der Waals surface area (Å²) < 4.78 is 50.8. The summed E-state index contributed by atoms with van der Waals surface area (Å²) in [5.74, 6) is -1.24. The number of nitrogens with one attached hydrogen (secondary N) is 1. The first-order chi connectivity index (χ1) is 17.2. The predicted molar refractivity (Wildman–Crippen MR) is 127 cm³/mol. The Bertz CT molecular complexity index is 1230. The van der Waals surface area contributed by atoms with Crippen molar-refractivity contribution in [2.45, 2.75) is 23.8 Å². The fourth-order valence-corrected chi connectivity index (χ4v) is 4.81. The molecule has 1 aliphatic heterocycles. The summed E-state index contributed by atoms with van der Waals surface area (Å²) >= 11 is 2.16. The number of imide groups is 1. The molecule has 0 bridgehead atoms. The van der Waals surface area contributed by atoms with Crippen LogP contribution in [0, 0.1) is 0 Å². The summed E-state index contributed by atoms with van der Waals surface area (Å²) in [6.07, 6.45) is -4.16. The van der Waals surface area contributed by atoms with Crippen LogP contribution in [0.3, 0.4) is 0 Å². The molecule has 7 nitrogen and oxygen atoms in total. The van der Waals surface area contributed by atoms with E-state index in [4.69, 9.17) is 9.47 Å². The highest BCUT2D eigenvalue weighted by Crippen LogP contribution is 2.32. The number of aromatic nitrogens is 1. The average molecular weight is 537 g/mol. The number of alkyl halides is 3. The Labute approximate surface area is 212 Å². The zero-order chi connectivity index (χ0) is 25.7. The molecule has 2 amide bonds. The third-order valence-electron chi connectivity index (χ3n) is 5.31. The van der Waals surface area contributed by atoms with E-state index in [1.165, 1.54) is 34.4 Å². The van der Waals surface area contributed by atoms with Gasteiger partial charge in [-0.1, -0.05) is 42.1 Å². The number of carbonyl (C=O) groups is 3. The Morgan fingerprint density at radius 2 is 1.89 bits per heavy atom. The maximum absolute atomic E-state index is 13.2. The molecular formula is C24H19F3N2O5S2. The van der Waals surface area contributed by atoms with Gasteiger partial charge in [-0.3, -0.25) is 14.9 Å². The standard InChI is InChI=1S/C24H19F3N2O5S2/c25-24(26,27)17-3-1-2-15(9-17)16(11-34-22(31)19-12-35-13-28-19)10-33-18-6-4-14(5-7-18)8-20-21(30)29-23(32)36-20/h1-7,9,12-13,16,20H,8,10-11H2,(H,29,30,32). The quantitative estimate of drug-likeness (QED) is 0.382. The number of ether oxygens (including phenoxy) is 2. The molecule has 1 saturated heterocycles. The minimum Gasteiger partial charge on any atom is -0.493 e. The van der Waals surface area contributed by atoms with E-state index in [0.717, 1.165) is 29.5 Å². The predicted octanol–water partition coefficient (Wildman–Crippen LogP) is 5.08. The number of nitrogens with zero attached hydrogens (tertiary/aromatic N) is 1. The van der Waals surface area contributed by atoms with E-state index in [2.05, 4.69) is 10.3 Å². The summed E-state index contributed by atoms with van der Waals surface area (Å²) in [5.41, 5.74) is 1.91. The van der Waals surface area contributed by atoms with Gasteiger partial charge < -0.3 is 9.47 Å². The second-order valence-electron chi connectivity index (χ2n) is 7.83. The molecule has 2 atom stereocenters. The van der Waals surface area contributed by atoms with Gasteiger partial charge >= 0.3 is 12.1 Å². The molecule has 1 fully saturated rings. The zero-order valence-electron chi connectivity index (χ0n) is 18.5. The number of hydrogen-bond donors (Lipinski definition) is 1. The van der Waals surface area contributed by atoms with Gasteiger partial charge in [0, 0.05) is 5.38 Å². The second-order valence-corrected chi connectivity index (χ2v) is 9.73. The van der Waals surface area contributed by atoms with Crippen LogP contribution < -0.4 is 10.1 Å². The molecule has 3 aromatic rings. The first-order valence-corrected chi connectivity index (χ1v) is 12.5. The van der Waals surface area contributed by atoms with Crippen LogP contribution in [-0.4, -0.2) is 40.6 Å². The highest BCUT2D eigenvalue weighted by atomic mass is 32.2. The number of carbonyl (C=O) groups excluding carboxylic acids is 3. The van der Waals surface area contributed by atoms with Crippen molar-refractivity contribution in [1.29, 1.82) is 0 Å². The molecule has 36 heavy (non-hydrogen) atoms. The van der Waals surface area contributed by atoms with Crippen LogP contribution in [0.15, 0.2) is 59.4 Å². The topological polar surface area (TPSA) is 94.6 Å². The van der Waals surface area contributed by atoms with Gasteiger partial charge in [-0.2, -0.15) is 13.2 Å². The van der Waals surface area contributed by atoms with Crippen LogP contribution >= 0.6 is 23.1 Å². The van der Waals surface area contributed by atoms with Crippen LogP contribution in [-0.2, 0) is 22.1 Å². The van der Waals surface area contributed by atoms with E-state index in [1.54, 1.807) is 24.3 Å². The molecule has 0 saturated carbocycles. The van der Waals surface area contributed by atoms with Crippen LogP contribution in [0.5, 0.6) is 5.75 Å². The summed E-state index contributed by atoms with van der Waals surface area (Å²) in [6.45, 7) is -0.266. The van der Waals surface area contributed by atoms with E-state index >= 15 is 0 Å². The number of halogens is 3. The van der Waals surface area contributed by atoms with Crippen molar-refractivity contribution < 1.29 is 37.0 Å². The Balaban J connectivity index is 1.43. The Morgan fingerprint density at radius 3 is 2.53 bits per heavy atom. The van der Waals surface area contributed by atoms with Gasteiger partial charge in [0.1, 0.15) is 12.4 Å². The first kappa shape index (κ1) is 25.7. The van der Waals surface area contributed by atoms with Crippen molar-refractivity contribution in [3.05, 3.63) is 81.8 Å². The summed E-state index contributed by atoms with van der Waals surface area (Å²) in [4.78, 5) is 39.2. The van der Waals surface area contributed by atoms with Gasteiger partial charge in [-0.25, -0.2) is 9.78 Å². The summed E-state index contributed by atoms with van der Waals surface area (Å²) in [7, 11) is 0. The fourth-order valence-electron chi connectivity index (χ4n) is 3.43. The normalized spacial score (nSPS) is 16.5. The Hall–Kier alpha value is -3.38. The number of benzene rings is 2. The van der Waals surface area contributed by atoms with Crippen molar-refractivity contribution in [1.82, 2.24) is 10.3 Å². The largest absolute Gasteiger partial charge is 0.493 e. The molecular weight excluding hydrogens is 517 g/mol. The Kier molecular flexibility index (Phi) is 7.94. The van der Waals surface area contributed by atoms with Crippen molar-refractivity contribution in [3.8, 4) is 5.75 Å². The summed E-state index contributed by atoms with van der Waals surface area (Å²) in [6, 6.07) is 11.6. The number of thiazole rings is 1. The number of amides is 2. The third kappa shape index (κ3) is 6.64. The molecule has 1 N–H and O–H groups in total. The van der Waals surface area contributed by atoms with Gasteiger partial charge in [0.2, 0.25) is 5.91 Å². The number of thioether (sulfide) groups is 1. The van der Waals surface area contributed by atoms with Crippen LogP contribution in [0.25, 0.3) is 0 Å². The van der Waals surface area contributed by atoms with E-state index in [0.29, 0.717) is 17.7 Å². The monoisotopic (exact) mass is 536 g/mol. The van der Waals surface area contributed by atoms with Crippen molar-refractivity contribution >= 4 is 40.2 Å². The minimum absolute atomic E-state index is 0.0552. The van der Waals surface area contributed by atoms with Gasteiger partial charge in [0.15, 0.2) is 5.69 Å². The zero-order valence-corrected chi connectivity index (χ0v) is 20.1. The molecule has 0 spiro atoms. The van der Waals surface area contributed by atoms with E-state index in [-0.39, 0.29) is 30.1 Å². The lowest BCUT2D eigenvalue weighted by Crippen LogP contribution is -2.25. The van der Waals surface area contributed by atoms with Crippen LogP contribution in [0.4, 0.5) is 18.0 Å². The van der Waals surface area contributed by atoms with Crippen molar-refractivity contribution in [3.63, 3.8) is 0 Å². The van der Waals surface area contributed by atoms with E-state index < -0.39 is 28.9 Å². The first-order valence-electron chi connectivity index (χ1n) is 10.6. The second kappa shape index (κ2) is 11.1. The van der Waals surface area contributed by atoms with E-state index in [1.807, 2.05) is 0 Å². The molecule has 2 unspecified atom stereocenters. The molecule has 2 aromatic carbocycles. The van der Waals surface area contributed by atoms with E-state index in [9.17, 15) is 27.6 Å². The SMILES string of the molecule is O=C1NC(=O)C(Cc2ccc(OCC(COC(=O)c3cscn3)c3cccc(C(F)(F)F)c3)cc2)S1. The van der Waals surface area contributed by atoms with Crippen molar-refractivity contribution in [2.24, 2.45) is 0 Å². The molecule has 2 heterocycles. The third-order valence-corrected chi connectivity index (χ3v) is 6.87. The summed E-state index contributed by atoms with van der Waals surface area (Å²) in [5, 5.41) is 2.88. The molecule has 4 rings (SSSR count). The maximum Gasteiger partial charge on any atom is 0.416 e. The number of rotatable bonds is 9. The van der Waals surface area contributed by atoms with Crippen LogP contribution in [0.2, 0.25) is 0 Å². The minimum atomic E-state index is -4.52. The molecule has 0 radical (unpaired) electrons. The highest BCUT2D eigenvalue weighted by molar-refractivity contribution is 8.15. The lowest BCUT2D eigenvalue weighted by molar-refractivity contribution is -0.137. The molecule has 1 aromatic heterocycles. The fraction of sp³-hybridized carbons (Fsp3) is 0.250. The number of hydrogen-bond acceptors (Lipinski definition) is 8. The van der Waals surface area contributed by atoms with Gasteiger partial charge in [-0.05, 0) is 35.7 Å². The van der Waals surface area contributed by atoms with Gasteiger partial charge in [0.25, 0.3) is 5.24 Å². The maximum atomic E-state index is 13.2. The smallest absolute Gasteiger partial charge is 0.416 e. The molecule has 188 valence electrons. The van der Waals surface area contributed by atoms with Gasteiger partial charge in [-0.15, -0.1) is 11.3 Å². The van der Waals surface area contributed by atoms with Crippen molar-refractivity contribution in [2.75, 3.05) is 13.2 Å².